The minimum absolute atomic E-state index is 0. The summed E-state index contributed by atoms with van der Waals surface area (Å²) in [7, 11) is 0. The second kappa shape index (κ2) is 5.25. The summed E-state index contributed by atoms with van der Waals surface area (Å²) < 4.78 is 25.8. The lowest BCUT2D eigenvalue weighted by Gasteiger charge is -2.21. The molecule has 15 heavy (non-hydrogen) atoms. The van der Waals surface area contributed by atoms with Crippen LogP contribution in [0.3, 0.4) is 0 Å². The number of aliphatic hydroxyl groups is 1. The molecule has 0 radical (unpaired) electrons. The minimum atomic E-state index is -3.35. The number of halogens is 3. The number of alkyl halides is 2. The van der Waals surface area contributed by atoms with Gasteiger partial charge >= 0.3 is 0 Å². The molecule has 86 valence electrons. The van der Waals surface area contributed by atoms with Gasteiger partial charge in [-0.15, -0.1) is 12.4 Å². The van der Waals surface area contributed by atoms with Crippen LogP contribution in [0.15, 0.2) is 24.3 Å². The van der Waals surface area contributed by atoms with Crippen molar-refractivity contribution in [2.45, 2.75) is 12.0 Å². The average Bonchev–Trinajstić information content (AvgIpc) is 2.18. The predicted molar refractivity (Wildman–Crippen MR) is 54.3 cm³/mol. The SMILES string of the molecule is Cl.N[C@H](c1ccc(O)cc1)C(F)(F)CO. The van der Waals surface area contributed by atoms with Crippen molar-refractivity contribution < 1.29 is 19.0 Å². The normalized spacial score (nSPS) is 13.1. The molecular weight excluding hydrogens is 228 g/mol. The Morgan fingerprint density at radius 3 is 2.13 bits per heavy atom. The Bertz CT molecular complexity index is 305. The molecule has 1 rings (SSSR count). The smallest absolute Gasteiger partial charge is 0.289 e. The van der Waals surface area contributed by atoms with Gasteiger partial charge in [-0.25, -0.2) is 8.78 Å². The molecule has 0 bridgehead atoms. The second-order valence-electron chi connectivity index (χ2n) is 2.99. The van der Waals surface area contributed by atoms with Gasteiger partial charge in [0.15, 0.2) is 0 Å². The minimum Gasteiger partial charge on any atom is -0.508 e. The first kappa shape index (κ1) is 14.1. The summed E-state index contributed by atoms with van der Waals surface area (Å²) in [6.45, 7) is -1.30. The first-order valence-electron chi connectivity index (χ1n) is 4.00. The molecule has 3 nitrogen and oxygen atoms in total. The molecule has 0 amide bonds. The molecule has 1 aromatic carbocycles. The Kier molecular flexibility index (Phi) is 4.93. The fourth-order valence-corrected chi connectivity index (χ4v) is 1.02. The van der Waals surface area contributed by atoms with Crippen molar-refractivity contribution in [3.05, 3.63) is 29.8 Å². The third-order valence-electron chi connectivity index (χ3n) is 1.92. The van der Waals surface area contributed by atoms with Gasteiger partial charge in [0.1, 0.15) is 12.4 Å². The van der Waals surface area contributed by atoms with E-state index in [0.29, 0.717) is 0 Å². The highest BCUT2D eigenvalue weighted by atomic mass is 35.5. The summed E-state index contributed by atoms with van der Waals surface area (Å²) in [6, 6.07) is 3.56. The predicted octanol–water partition coefficient (Wildman–Crippen LogP) is 1.44. The van der Waals surface area contributed by atoms with Crippen molar-refractivity contribution in [1.82, 2.24) is 0 Å². The summed E-state index contributed by atoms with van der Waals surface area (Å²) in [5.41, 5.74) is 5.41. The van der Waals surface area contributed by atoms with Crippen LogP contribution in [0.4, 0.5) is 8.78 Å². The van der Waals surface area contributed by atoms with Gasteiger partial charge < -0.3 is 15.9 Å². The molecule has 0 aliphatic rings. The topological polar surface area (TPSA) is 66.5 Å². The van der Waals surface area contributed by atoms with Gasteiger partial charge in [-0.2, -0.15) is 0 Å². The second-order valence-corrected chi connectivity index (χ2v) is 2.99. The Morgan fingerprint density at radius 1 is 1.27 bits per heavy atom. The van der Waals surface area contributed by atoms with Gasteiger partial charge in [-0.3, -0.25) is 0 Å². The molecule has 0 heterocycles. The maximum absolute atomic E-state index is 12.9. The molecule has 0 aliphatic carbocycles. The van der Waals surface area contributed by atoms with Crippen LogP contribution in [-0.4, -0.2) is 22.7 Å². The van der Waals surface area contributed by atoms with E-state index in [1.165, 1.54) is 24.3 Å². The van der Waals surface area contributed by atoms with Gasteiger partial charge in [0, 0.05) is 0 Å². The monoisotopic (exact) mass is 239 g/mol. The Morgan fingerprint density at radius 2 is 1.73 bits per heavy atom. The van der Waals surface area contributed by atoms with E-state index < -0.39 is 18.6 Å². The number of benzene rings is 1. The molecule has 0 aromatic heterocycles. The number of rotatable bonds is 3. The number of aromatic hydroxyl groups is 1. The highest BCUT2D eigenvalue weighted by Crippen LogP contribution is 2.29. The molecule has 0 fully saturated rings. The summed E-state index contributed by atoms with van der Waals surface area (Å²) in [6.07, 6.45) is 0. The maximum atomic E-state index is 12.9. The zero-order chi connectivity index (χ0) is 10.8. The van der Waals surface area contributed by atoms with E-state index in [-0.39, 0.29) is 23.7 Å². The Hall–Kier alpha value is -0.910. The zero-order valence-electron chi connectivity index (χ0n) is 7.73. The van der Waals surface area contributed by atoms with E-state index in [1.54, 1.807) is 0 Å². The van der Waals surface area contributed by atoms with E-state index >= 15 is 0 Å². The van der Waals surface area contributed by atoms with E-state index in [1.807, 2.05) is 0 Å². The number of aliphatic hydroxyl groups excluding tert-OH is 1. The van der Waals surface area contributed by atoms with Crippen molar-refractivity contribution in [3.8, 4) is 5.75 Å². The first-order valence-corrected chi connectivity index (χ1v) is 4.00. The van der Waals surface area contributed by atoms with E-state index in [2.05, 4.69) is 0 Å². The molecule has 0 aliphatic heterocycles. The van der Waals surface area contributed by atoms with Gasteiger partial charge in [0.05, 0.1) is 6.04 Å². The van der Waals surface area contributed by atoms with Gasteiger partial charge in [0.2, 0.25) is 0 Å². The zero-order valence-corrected chi connectivity index (χ0v) is 8.55. The quantitative estimate of drug-likeness (QED) is 0.748. The van der Waals surface area contributed by atoms with E-state index in [9.17, 15) is 8.78 Å². The molecule has 0 spiro atoms. The van der Waals surface area contributed by atoms with Crippen molar-refractivity contribution in [3.63, 3.8) is 0 Å². The number of nitrogens with two attached hydrogens (primary N) is 1. The molecule has 1 aromatic rings. The van der Waals surface area contributed by atoms with Crippen LogP contribution < -0.4 is 5.73 Å². The van der Waals surface area contributed by atoms with Crippen molar-refractivity contribution >= 4 is 12.4 Å². The largest absolute Gasteiger partial charge is 0.508 e. The fourth-order valence-electron chi connectivity index (χ4n) is 1.02. The van der Waals surface area contributed by atoms with Gasteiger partial charge in [-0.05, 0) is 17.7 Å². The molecule has 0 saturated carbocycles. The summed E-state index contributed by atoms with van der Waals surface area (Å²) >= 11 is 0. The lowest BCUT2D eigenvalue weighted by atomic mass is 10.0. The molecule has 6 heteroatoms. The van der Waals surface area contributed by atoms with Crippen LogP contribution in [0.1, 0.15) is 11.6 Å². The van der Waals surface area contributed by atoms with Crippen LogP contribution in [0.5, 0.6) is 5.75 Å². The fraction of sp³-hybridized carbons (Fsp3) is 0.333. The highest BCUT2D eigenvalue weighted by molar-refractivity contribution is 5.85. The standard InChI is InChI=1S/C9H11F2NO2.ClH/c10-9(11,5-13)8(12)6-1-3-7(14)4-2-6;/h1-4,8,13-14H,5,12H2;1H/t8-;/m1./s1. The Balaban J connectivity index is 0.00000196. The van der Waals surface area contributed by atoms with Gasteiger partial charge in [-0.1, -0.05) is 12.1 Å². The average molecular weight is 240 g/mol. The highest BCUT2D eigenvalue weighted by Gasteiger charge is 2.37. The van der Waals surface area contributed by atoms with Crippen molar-refractivity contribution in [2.24, 2.45) is 5.73 Å². The third kappa shape index (κ3) is 3.30. The molecular formula is C9H12ClF2NO2. The van der Waals surface area contributed by atoms with Gasteiger partial charge in [0.25, 0.3) is 5.92 Å². The van der Waals surface area contributed by atoms with E-state index in [4.69, 9.17) is 15.9 Å². The lowest BCUT2D eigenvalue weighted by molar-refractivity contribution is -0.0711. The molecule has 0 saturated heterocycles. The van der Waals surface area contributed by atoms with Crippen molar-refractivity contribution in [1.29, 1.82) is 0 Å². The lowest BCUT2D eigenvalue weighted by Crippen LogP contribution is -2.36. The van der Waals surface area contributed by atoms with Crippen LogP contribution in [0.25, 0.3) is 0 Å². The van der Waals surface area contributed by atoms with Crippen LogP contribution in [0.2, 0.25) is 0 Å². The number of hydrogen-bond acceptors (Lipinski definition) is 3. The van der Waals surface area contributed by atoms with Crippen LogP contribution in [0, 0.1) is 0 Å². The number of phenols is 1. The number of phenolic OH excluding ortho intramolecular Hbond substituents is 1. The summed E-state index contributed by atoms with van der Waals surface area (Å²) in [4.78, 5) is 0. The van der Waals surface area contributed by atoms with Crippen LogP contribution >= 0.6 is 12.4 Å². The van der Waals surface area contributed by atoms with Crippen LogP contribution in [-0.2, 0) is 0 Å². The third-order valence-corrected chi connectivity index (χ3v) is 1.92. The first-order chi connectivity index (χ1) is 6.47. The summed E-state index contributed by atoms with van der Waals surface area (Å²) in [5.74, 6) is -3.37. The maximum Gasteiger partial charge on any atom is 0.289 e. The number of hydrogen-bond donors (Lipinski definition) is 3. The molecule has 1 atom stereocenters. The van der Waals surface area contributed by atoms with E-state index in [0.717, 1.165) is 0 Å². The molecule has 4 N–H and O–H groups in total. The summed E-state index contributed by atoms with van der Waals surface area (Å²) in [5, 5.41) is 17.3. The van der Waals surface area contributed by atoms with Crippen molar-refractivity contribution in [2.75, 3.05) is 6.61 Å². The molecule has 0 unspecified atom stereocenters. The Labute approximate surface area is 91.9 Å².